The molecule has 0 unspecified atom stereocenters. The Labute approximate surface area is 173 Å². The second-order valence-electron chi connectivity index (χ2n) is 5.96. The highest BCUT2D eigenvalue weighted by Gasteiger charge is 2.13. The van der Waals surface area contributed by atoms with Crippen molar-refractivity contribution in [2.45, 2.75) is 0 Å². The molecule has 0 radical (unpaired) electrons. The maximum Gasteiger partial charge on any atom is 0.200 e. The number of rotatable bonds is 9. The highest BCUT2D eigenvalue weighted by molar-refractivity contribution is 6.21. The van der Waals surface area contributed by atoms with E-state index in [4.69, 9.17) is 18.9 Å². The van der Waals surface area contributed by atoms with Gasteiger partial charge in [0.25, 0.3) is 0 Å². The molecule has 2 aromatic carbocycles. The number of phenolic OH excluding ortho intramolecular Hbond substituents is 2. The quantitative estimate of drug-likeness (QED) is 0.279. The summed E-state index contributed by atoms with van der Waals surface area (Å²) in [6, 6.07) is 5.96. The Bertz CT molecular complexity index is 954. The molecule has 158 valence electrons. The van der Waals surface area contributed by atoms with Gasteiger partial charge in [-0.25, -0.2) is 0 Å². The summed E-state index contributed by atoms with van der Waals surface area (Å²) < 4.78 is 20.3. The summed E-state index contributed by atoms with van der Waals surface area (Å²) in [7, 11) is 5.52. The summed E-state index contributed by atoms with van der Waals surface area (Å²) in [5, 5.41) is 19.9. The van der Waals surface area contributed by atoms with E-state index in [2.05, 4.69) is 0 Å². The minimum absolute atomic E-state index is 0.126. The Morgan fingerprint density at radius 1 is 0.767 bits per heavy atom. The van der Waals surface area contributed by atoms with Crippen LogP contribution in [-0.4, -0.2) is 50.7 Å². The monoisotopic (exact) mass is 414 g/mol. The van der Waals surface area contributed by atoms with Gasteiger partial charge >= 0.3 is 0 Å². The van der Waals surface area contributed by atoms with Crippen LogP contribution in [0.5, 0.6) is 34.5 Å². The molecule has 0 amide bonds. The van der Waals surface area contributed by atoms with Crippen LogP contribution < -0.4 is 18.9 Å². The summed E-state index contributed by atoms with van der Waals surface area (Å²) in [5.74, 6) is -0.276. The van der Waals surface area contributed by atoms with Crippen molar-refractivity contribution in [1.29, 1.82) is 0 Å². The van der Waals surface area contributed by atoms with Crippen LogP contribution in [0, 0.1) is 0 Å². The Balaban J connectivity index is 2.37. The number of ether oxygens (including phenoxy) is 4. The highest BCUT2D eigenvalue weighted by Crippen LogP contribution is 2.38. The number of methoxy groups -OCH3 is 4. The number of hydrogen-bond donors (Lipinski definition) is 2. The van der Waals surface area contributed by atoms with Crippen molar-refractivity contribution in [3.8, 4) is 34.5 Å². The molecule has 2 rings (SSSR count). The second-order valence-corrected chi connectivity index (χ2v) is 5.96. The lowest BCUT2D eigenvalue weighted by molar-refractivity contribution is -0.113. The number of aromatic hydroxyl groups is 2. The van der Waals surface area contributed by atoms with Gasteiger partial charge in [-0.15, -0.1) is 0 Å². The van der Waals surface area contributed by atoms with Crippen LogP contribution in [0.4, 0.5) is 0 Å². The van der Waals surface area contributed by atoms with E-state index in [9.17, 15) is 19.8 Å². The zero-order chi connectivity index (χ0) is 22.3. The smallest absolute Gasteiger partial charge is 0.200 e. The molecule has 0 saturated heterocycles. The predicted octanol–water partition coefficient (Wildman–Crippen LogP) is 3.00. The Kier molecular flexibility index (Phi) is 7.46. The van der Waals surface area contributed by atoms with Crippen LogP contribution in [-0.2, 0) is 9.59 Å². The maximum absolute atomic E-state index is 12.5. The molecule has 2 aromatic rings. The summed E-state index contributed by atoms with van der Waals surface area (Å²) in [4.78, 5) is 24.0. The Hall–Kier alpha value is -3.94. The molecule has 0 bridgehead atoms. The number of hydrogen-bond acceptors (Lipinski definition) is 8. The molecule has 0 aliphatic carbocycles. The van der Waals surface area contributed by atoms with E-state index in [1.165, 1.54) is 70.9 Å². The number of allylic oxidation sites excluding steroid dienone is 2. The summed E-state index contributed by atoms with van der Waals surface area (Å²) in [6.45, 7) is 0. The largest absolute Gasteiger partial charge is 0.502 e. The fourth-order valence-corrected chi connectivity index (χ4v) is 2.62. The van der Waals surface area contributed by atoms with Gasteiger partial charge in [0.1, 0.15) is 0 Å². The van der Waals surface area contributed by atoms with E-state index in [-0.39, 0.29) is 40.1 Å². The number of phenols is 2. The molecule has 0 aliphatic rings. The van der Waals surface area contributed by atoms with E-state index in [1.54, 1.807) is 0 Å². The van der Waals surface area contributed by atoms with Gasteiger partial charge in [-0.05, 0) is 47.5 Å². The highest BCUT2D eigenvalue weighted by atomic mass is 16.5. The third kappa shape index (κ3) is 4.91. The molecule has 0 aromatic heterocycles. The first-order valence-corrected chi connectivity index (χ1v) is 8.67. The average Bonchev–Trinajstić information content (AvgIpc) is 2.77. The van der Waals surface area contributed by atoms with Gasteiger partial charge in [-0.2, -0.15) is 0 Å². The fourth-order valence-electron chi connectivity index (χ4n) is 2.62. The Morgan fingerprint density at radius 2 is 1.17 bits per heavy atom. The molecule has 2 N–H and O–H groups in total. The lowest BCUT2D eigenvalue weighted by Crippen LogP contribution is -2.00. The van der Waals surface area contributed by atoms with Crippen LogP contribution in [0.25, 0.3) is 12.2 Å². The van der Waals surface area contributed by atoms with Crippen LogP contribution in [0.15, 0.2) is 35.9 Å². The standard InChI is InChI=1S/C22H22O8/c1-27-17-8-13(9-18(28-2)21(17)25)5-6-16(24)15(12-23)7-14-10-19(29-3)22(26)20(11-14)30-4/h5-12,25-26H,1-4H3/b6-5+,15-7-. The third-order valence-corrected chi connectivity index (χ3v) is 4.17. The minimum atomic E-state index is -0.554. The van der Waals surface area contributed by atoms with Crippen molar-refractivity contribution in [3.63, 3.8) is 0 Å². The van der Waals surface area contributed by atoms with Crippen molar-refractivity contribution in [1.82, 2.24) is 0 Å². The first kappa shape index (κ1) is 22.4. The van der Waals surface area contributed by atoms with Gasteiger partial charge in [0.2, 0.25) is 11.5 Å². The molecule has 8 nitrogen and oxygen atoms in total. The second kappa shape index (κ2) is 10.0. The lowest BCUT2D eigenvalue weighted by atomic mass is 10.1. The molecule has 0 aliphatic heterocycles. The number of aldehydes is 1. The number of benzene rings is 2. The van der Waals surface area contributed by atoms with E-state index in [0.717, 1.165) is 0 Å². The van der Waals surface area contributed by atoms with Gasteiger partial charge in [0, 0.05) is 0 Å². The van der Waals surface area contributed by atoms with Gasteiger partial charge in [0.15, 0.2) is 35.1 Å². The normalized spacial score (nSPS) is 11.3. The molecule has 0 atom stereocenters. The zero-order valence-corrected chi connectivity index (χ0v) is 17.0. The third-order valence-electron chi connectivity index (χ3n) is 4.17. The predicted molar refractivity (Wildman–Crippen MR) is 111 cm³/mol. The molecule has 8 heteroatoms. The molecule has 0 saturated carbocycles. The molecule has 30 heavy (non-hydrogen) atoms. The van der Waals surface area contributed by atoms with Gasteiger partial charge in [-0.3, -0.25) is 9.59 Å². The summed E-state index contributed by atoms with van der Waals surface area (Å²) in [6.07, 6.45) is 4.45. The van der Waals surface area contributed by atoms with Gasteiger partial charge in [-0.1, -0.05) is 6.08 Å². The maximum atomic E-state index is 12.5. The van der Waals surface area contributed by atoms with E-state index in [0.29, 0.717) is 17.4 Å². The fraction of sp³-hybridized carbons (Fsp3) is 0.182. The molecular weight excluding hydrogens is 392 g/mol. The van der Waals surface area contributed by atoms with Gasteiger partial charge < -0.3 is 29.2 Å². The van der Waals surface area contributed by atoms with E-state index < -0.39 is 5.78 Å². The number of ketones is 1. The van der Waals surface area contributed by atoms with Crippen molar-refractivity contribution in [2.24, 2.45) is 0 Å². The molecule has 0 spiro atoms. The first-order chi connectivity index (χ1) is 14.4. The molecular formula is C22H22O8. The van der Waals surface area contributed by atoms with Crippen molar-refractivity contribution in [2.75, 3.05) is 28.4 Å². The van der Waals surface area contributed by atoms with Crippen molar-refractivity contribution >= 4 is 24.2 Å². The van der Waals surface area contributed by atoms with Crippen LogP contribution in [0.1, 0.15) is 11.1 Å². The average molecular weight is 414 g/mol. The van der Waals surface area contributed by atoms with Crippen LogP contribution in [0.3, 0.4) is 0 Å². The number of carbonyl (C=O) groups excluding carboxylic acids is 2. The molecule has 0 fully saturated rings. The first-order valence-electron chi connectivity index (χ1n) is 8.67. The molecule has 0 heterocycles. The topological polar surface area (TPSA) is 112 Å². The lowest BCUT2D eigenvalue weighted by Gasteiger charge is -2.10. The number of carbonyl (C=O) groups is 2. The Morgan fingerprint density at radius 3 is 1.53 bits per heavy atom. The van der Waals surface area contributed by atoms with Gasteiger partial charge in [0.05, 0.1) is 34.0 Å². The SMILES string of the molecule is COc1cc(/C=C(/C=O)C(=O)/C=C/c2cc(OC)c(O)c(OC)c2)cc(OC)c1O. The zero-order valence-electron chi connectivity index (χ0n) is 17.0. The summed E-state index contributed by atoms with van der Waals surface area (Å²) >= 11 is 0. The van der Waals surface area contributed by atoms with Crippen LogP contribution >= 0.6 is 0 Å². The van der Waals surface area contributed by atoms with Crippen molar-refractivity contribution in [3.05, 3.63) is 47.0 Å². The minimum Gasteiger partial charge on any atom is -0.502 e. The van der Waals surface area contributed by atoms with E-state index in [1.807, 2.05) is 0 Å². The van der Waals surface area contributed by atoms with E-state index >= 15 is 0 Å². The summed E-state index contributed by atoms with van der Waals surface area (Å²) in [5.41, 5.74) is 0.824. The van der Waals surface area contributed by atoms with Crippen LogP contribution in [0.2, 0.25) is 0 Å². The van der Waals surface area contributed by atoms with Crippen molar-refractivity contribution < 1.29 is 38.7 Å².